The van der Waals surface area contributed by atoms with Crippen molar-refractivity contribution in [2.75, 3.05) is 30.8 Å². The molecule has 0 aromatic carbocycles. The number of nitrogens with one attached hydrogen (secondary N) is 1. The van der Waals surface area contributed by atoms with E-state index < -0.39 is 18.9 Å². The van der Waals surface area contributed by atoms with Gasteiger partial charge >= 0.3 is 0 Å². The average Bonchev–Trinajstić information content (AvgIpc) is 2.67. The highest BCUT2D eigenvalue weighted by atomic mass is 32.1. The molecular weight excluding hydrogens is 250 g/mol. The fourth-order valence-corrected chi connectivity index (χ4v) is 1.96. The molecule has 0 radical (unpaired) electrons. The van der Waals surface area contributed by atoms with Crippen molar-refractivity contribution in [2.45, 2.75) is 13.3 Å². The summed E-state index contributed by atoms with van der Waals surface area (Å²) in [5, 5.41) is 2.68. The molecule has 0 aliphatic carbocycles. The second-order valence-corrected chi connectivity index (χ2v) is 4.30. The van der Waals surface area contributed by atoms with Crippen LogP contribution in [0.1, 0.15) is 16.6 Å². The molecule has 8 heteroatoms. The summed E-state index contributed by atoms with van der Waals surface area (Å²) in [5.41, 5.74) is 5.57. The van der Waals surface area contributed by atoms with E-state index in [1.807, 2.05) is 11.8 Å². The molecule has 1 amide bonds. The second-order valence-electron chi connectivity index (χ2n) is 3.33. The number of nitrogens with zero attached hydrogens (tertiary/aromatic N) is 2. The summed E-state index contributed by atoms with van der Waals surface area (Å²) in [5.74, 6) is -0.548. The van der Waals surface area contributed by atoms with Crippen LogP contribution in [-0.4, -0.2) is 37.5 Å². The highest BCUT2D eigenvalue weighted by Crippen LogP contribution is 2.27. The summed E-state index contributed by atoms with van der Waals surface area (Å²) >= 11 is 1.08. The molecule has 0 saturated carbocycles. The Balaban J connectivity index is 2.77. The molecule has 1 aromatic heterocycles. The quantitative estimate of drug-likeness (QED) is 0.837. The number of thiazole rings is 1. The van der Waals surface area contributed by atoms with Gasteiger partial charge < -0.3 is 16.0 Å². The van der Waals surface area contributed by atoms with Crippen LogP contribution in [0.15, 0.2) is 0 Å². The summed E-state index contributed by atoms with van der Waals surface area (Å²) in [6.45, 7) is 1.95. The largest absolute Gasteiger partial charge is 0.382 e. The maximum atomic E-state index is 11.9. The summed E-state index contributed by atoms with van der Waals surface area (Å²) in [6.07, 6.45) is -2.58. The average molecular weight is 264 g/mol. The Hall–Kier alpha value is -1.44. The van der Waals surface area contributed by atoms with E-state index in [0.717, 1.165) is 11.3 Å². The number of anilines is 2. The third-order valence-electron chi connectivity index (χ3n) is 2.07. The molecule has 0 aliphatic rings. The van der Waals surface area contributed by atoms with Crippen molar-refractivity contribution in [3.8, 4) is 0 Å². The van der Waals surface area contributed by atoms with Gasteiger partial charge in [-0.05, 0) is 6.92 Å². The van der Waals surface area contributed by atoms with Crippen molar-refractivity contribution in [3.63, 3.8) is 0 Å². The topological polar surface area (TPSA) is 71.2 Å². The number of nitrogen functional groups attached to an aromatic ring is 1. The Labute approximate surface area is 102 Å². The second kappa shape index (κ2) is 5.76. The predicted octanol–water partition coefficient (Wildman–Crippen LogP) is 1.18. The number of hydrogen-bond acceptors (Lipinski definition) is 5. The smallest absolute Gasteiger partial charge is 0.265 e. The van der Waals surface area contributed by atoms with Crippen molar-refractivity contribution in [1.29, 1.82) is 0 Å². The van der Waals surface area contributed by atoms with Crippen molar-refractivity contribution in [3.05, 3.63) is 4.88 Å². The highest BCUT2D eigenvalue weighted by Gasteiger charge is 2.18. The normalized spacial score (nSPS) is 10.6. The molecule has 1 aromatic rings. The lowest BCUT2D eigenvalue weighted by Gasteiger charge is -2.10. The number of nitrogens with two attached hydrogens (primary N) is 1. The van der Waals surface area contributed by atoms with Gasteiger partial charge in [0.25, 0.3) is 12.3 Å². The number of alkyl halides is 2. The zero-order valence-corrected chi connectivity index (χ0v) is 10.4. The fraction of sp³-hybridized carbons (Fsp3) is 0.556. The lowest BCUT2D eigenvalue weighted by Crippen LogP contribution is -2.28. The van der Waals surface area contributed by atoms with Gasteiger partial charge in [0.2, 0.25) is 0 Å². The minimum absolute atomic E-state index is 0.0667. The maximum Gasteiger partial charge on any atom is 0.265 e. The molecule has 0 bridgehead atoms. The van der Waals surface area contributed by atoms with Crippen molar-refractivity contribution in [1.82, 2.24) is 10.3 Å². The predicted molar refractivity (Wildman–Crippen MR) is 63.8 cm³/mol. The van der Waals surface area contributed by atoms with Crippen LogP contribution in [0.2, 0.25) is 0 Å². The summed E-state index contributed by atoms with van der Waals surface area (Å²) in [6, 6.07) is 0. The highest BCUT2D eigenvalue weighted by molar-refractivity contribution is 7.18. The number of halogens is 2. The van der Waals surface area contributed by atoms with Gasteiger partial charge in [-0.1, -0.05) is 11.3 Å². The molecule has 0 spiro atoms. The molecule has 17 heavy (non-hydrogen) atoms. The molecule has 0 fully saturated rings. The van der Waals surface area contributed by atoms with Crippen LogP contribution in [0.5, 0.6) is 0 Å². The van der Waals surface area contributed by atoms with E-state index in [0.29, 0.717) is 11.7 Å². The van der Waals surface area contributed by atoms with E-state index in [-0.39, 0.29) is 10.7 Å². The lowest BCUT2D eigenvalue weighted by atomic mass is 10.4. The zero-order valence-electron chi connectivity index (χ0n) is 9.54. The number of carbonyl (C=O) groups is 1. The van der Waals surface area contributed by atoms with Gasteiger partial charge in [-0.2, -0.15) is 0 Å². The molecule has 0 saturated heterocycles. The van der Waals surface area contributed by atoms with Crippen molar-refractivity contribution in [2.24, 2.45) is 0 Å². The van der Waals surface area contributed by atoms with E-state index in [1.54, 1.807) is 7.05 Å². The van der Waals surface area contributed by atoms with Crippen LogP contribution in [0.3, 0.4) is 0 Å². The van der Waals surface area contributed by atoms with Gasteiger partial charge in [0.15, 0.2) is 5.13 Å². The zero-order chi connectivity index (χ0) is 13.0. The number of amides is 1. The van der Waals surface area contributed by atoms with Crippen LogP contribution in [-0.2, 0) is 0 Å². The third-order valence-corrected chi connectivity index (χ3v) is 3.25. The van der Waals surface area contributed by atoms with E-state index in [9.17, 15) is 13.6 Å². The van der Waals surface area contributed by atoms with Gasteiger partial charge in [0, 0.05) is 13.6 Å². The van der Waals surface area contributed by atoms with E-state index in [2.05, 4.69) is 10.3 Å². The van der Waals surface area contributed by atoms with Crippen LogP contribution in [0, 0.1) is 0 Å². The number of hydrogen-bond donors (Lipinski definition) is 2. The SMILES string of the molecule is CCN(C)c1nc(N)c(C(=O)NCC(F)F)s1. The lowest BCUT2D eigenvalue weighted by molar-refractivity contribution is 0.0896. The molecule has 0 atom stereocenters. The molecule has 0 aliphatic heterocycles. The van der Waals surface area contributed by atoms with E-state index >= 15 is 0 Å². The van der Waals surface area contributed by atoms with E-state index in [4.69, 9.17) is 5.73 Å². The first-order valence-corrected chi connectivity index (χ1v) is 5.81. The number of carbonyl (C=O) groups excluding carboxylic acids is 1. The molecule has 3 N–H and O–H groups in total. The van der Waals surface area contributed by atoms with Gasteiger partial charge in [0.05, 0.1) is 6.54 Å². The molecule has 5 nitrogen and oxygen atoms in total. The first-order valence-electron chi connectivity index (χ1n) is 4.99. The Morgan fingerprint density at radius 1 is 1.65 bits per heavy atom. The first-order chi connectivity index (χ1) is 7.95. The van der Waals surface area contributed by atoms with Gasteiger partial charge in [-0.3, -0.25) is 4.79 Å². The van der Waals surface area contributed by atoms with Crippen LogP contribution in [0.4, 0.5) is 19.7 Å². The summed E-state index contributed by atoms with van der Waals surface area (Å²) in [7, 11) is 1.80. The van der Waals surface area contributed by atoms with Gasteiger partial charge in [0.1, 0.15) is 10.7 Å². The Bertz CT molecular complexity index is 396. The standard InChI is InChI=1S/C9H14F2N4OS/c1-3-15(2)9-14-7(12)6(17-9)8(16)13-4-5(10)11/h5H,3-4,12H2,1-2H3,(H,13,16). The molecule has 0 unspecified atom stereocenters. The molecule has 96 valence electrons. The molecular formula is C9H14F2N4OS. The minimum Gasteiger partial charge on any atom is -0.382 e. The van der Waals surface area contributed by atoms with Crippen molar-refractivity contribution >= 4 is 28.2 Å². The number of rotatable bonds is 5. The number of aromatic nitrogens is 1. The van der Waals surface area contributed by atoms with E-state index in [1.165, 1.54) is 0 Å². The third kappa shape index (κ3) is 3.52. The van der Waals surface area contributed by atoms with Crippen molar-refractivity contribution < 1.29 is 13.6 Å². The molecule has 1 rings (SSSR count). The summed E-state index contributed by atoms with van der Waals surface area (Å²) in [4.78, 5) is 17.5. The maximum absolute atomic E-state index is 11.9. The van der Waals surface area contributed by atoms with Crippen LogP contribution < -0.4 is 16.0 Å². The Morgan fingerprint density at radius 2 is 2.29 bits per heavy atom. The van der Waals surface area contributed by atoms with Crippen LogP contribution >= 0.6 is 11.3 Å². The summed E-state index contributed by atoms with van der Waals surface area (Å²) < 4.78 is 23.9. The minimum atomic E-state index is -2.58. The molecule has 1 heterocycles. The van der Waals surface area contributed by atoms with Crippen LogP contribution in [0.25, 0.3) is 0 Å². The monoisotopic (exact) mass is 264 g/mol. The van der Waals surface area contributed by atoms with Gasteiger partial charge in [-0.15, -0.1) is 0 Å². The Morgan fingerprint density at radius 3 is 2.82 bits per heavy atom. The fourth-order valence-electron chi connectivity index (χ4n) is 1.03. The Kier molecular flexibility index (Phi) is 4.62. The first kappa shape index (κ1) is 13.6. The van der Waals surface area contributed by atoms with Gasteiger partial charge in [-0.25, -0.2) is 13.8 Å².